The number of hydrogen-bond acceptors (Lipinski definition) is 4. The number of halogens is 1. The molecule has 0 saturated heterocycles. The number of methoxy groups -OCH3 is 2. The van der Waals surface area contributed by atoms with Crippen molar-refractivity contribution in [1.82, 2.24) is 0 Å². The summed E-state index contributed by atoms with van der Waals surface area (Å²) in [5.74, 6) is 1.29. The molecule has 6 heteroatoms. The third-order valence-corrected chi connectivity index (χ3v) is 3.74. The fourth-order valence-electron chi connectivity index (χ4n) is 2.09. The summed E-state index contributed by atoms with van der Waals surface area (Å²) in [6, 6.07) is 10.6. The SMILES string of the molecule is COc1ccc(OC)c(NC(=O)[C@@H](C)Oc2cc(C)ccc2Cl)c1. The van der Waals surface area contributed by atoms with Gasteiger partial charge in [0.15, 0.2) is 6.10 Å². The van der Waals surface area contributed by atoms with E-state index in [-0.39, 0.29) is 5.91 Å². The van der Waals surface area contributed by atoms with Gasteiger partial charge in [0.25, 0.3) is 5.91 Å². The number of benzene rings is 2. The first-order valence-corrected chi connectivity index (χ1v) is 7.78. The van der Waals surface area contributed by atoms with Crippen LogP contribution in [0.15, 0.2) is 36.4 Å². The zero-order valence-electron chi connectivity index (χ0n) is 14.1. The summed E-state index contributed by atoms with van der Waals surface area (Å²) in [7, 11) is 3.09. The molecule has 2 aromatic rings. The fraction of sp³-hybridized carbons (Fsp3) is 0.278. The van der Waals surface area contributed by atoms with Crippen molar-refractivity contribution in [3.63, 3.8) is 0 Å². The molecule has 0 saturated carbocycles. The molecule has 0 aliphatic heterocycles. The Bertz CT molecular complexity index is 733. The highest BCUT2D eigenvalue weighted by atomic mass is 35.5. The molecule has 1 atom stereocenters. The van der Waals surface area contributed by atoms with Crippen LogP contribution in [0.5, 0.6) is 17.2 Å². The van der Waals surface area contributed by atoms with Gasteiger partial charge < -0.3 is 19.5 Å². The van der Waals surface area contributed by atoms with E-state index in [2.05, 4.69) is 5.32 Å². The van der Waals surface area contributed by atoms with Crippen LogP contribution in [-0.4, -0.2) is 26.2 Å². The molecule has 24 heavy (non-hydrogen) atoms. The minimum Gasteiger partial charge on any atom is -0.497 e. The minimum absolute atomic E-state index is 0.320. The maximum Gasteiger partial charge on any atom is 0.265 e. The van der Waals surface area contributed by atoms with Crippen LogP contribution in [0.25, 0.3) is 0 Å². The fourth-order valence-corrected chi connectivity index (χ4v) is 2.25. The van der Waals surface area contributed by atoms with Crippen LogP contribution in [0.1, 0.15) is 12.5 Å². The summed E-state index contributed by atoms with van der Waals surface area (Å²) in [5, 5.41) is 3.24. The van der Waals surface area contributed by atoms with E-state index >= 15 is 0 Å². The van der Waals surface area contributed by atoms with Crippen LogP contribution in [0.2, 0.25) is 5.02 Å². The average molecular weight is 350 g/mol. The van der Waals surface area contributed by atoms with Crippen LogP contribution in [0, 0.1) is 6.92 Å². The molecule has 5 nitrogen and oxygen atoms in total. The van der Waals surface area contributed by atoms with E-state index in [0.717, 1.165) is 5.56 Å². The number of anilines is 1. The zero-order valence-corrected chi connectivity index (χ0v) is 14.8. The molecule has 0 bridgehead atoms. The molecule has 128 valence electrons. The Morgan fingerprint density at radius 2 is 1.83 bits per heavy atom. The van der Waals surface area contributed by atoms with Crippen molar-refractivity contribution in [2.24, 2.45) is 0 Å². The molecule has 0 radical (unpaired) electrons. The van der Waals surface area contributed by atoms with Crippen LogP contribution in [-0.2, 0) is 4.79 Å². The van der Waals surface area contributed by atoms with Crippen molar-refractivity contribution in [3.05, 3.63) is 47.0 Å². The predicted molar refractivity (Wildman–Crippen MR) is 94.5 cm³/mol. The van der Waals surface area contributed by atoms with Crippen LogP contribution in [0.3, 0.4) is 0 Å². The van der Waals surface area contributed by atoms with E-state index < -0.39 is 6.10 Å². The summed E-state index contributed by atoms with van der Waals surface area (Å²) in [5.41, 5.74) is 1.50. The molecule has 0 aliphatic carbocycles. The molecule has 0 heterocycles. The maximum atomic E-state index is 12.4. The van der Waals surface area contributed by atoms with Gasteiger partial charge in [-0.05, 0) is 43.7 Å². The van der Waals surface area contributed by atoms with Crippen molar-refractivity contribution in [1.29, 1.82) is 0 Å². The van der Waals surface area contributed by atoms with Crippen molar-refractivity contribution in [2.75, 3.05) is 19.5 Å². The van der Waals surface area contributed by atoms with Crippen LogP contribution in [0.4, 0.5) is 5.69 Å². The van der Waals surface area contributed by atoms with Gasteiger partial charge in [-0.15, -0.1) is 0 Å². The Kier molecular flexibility index (Phi) is 5.93. The molecule has 0 aromatic heterocycles. The van der Waals surface area contributed by atoms with Gasteiger partial charge in [0, 0.05) is 6.07 Å². The van der Waals surface area contributed by atoms with Gasteiger partial charge in [-0.3, -0.25) is 4.79 Å². The summed E-state index contributed by atoms with van der Waals surface area (Å²) in [4.78, 5) is 12.4. The molecule has 2 aromatic carbocycles. The molecule has 0 spiro atoms. The quantitative estimate of drug-likeness (QED) is 0.854. The average Bonchev–Trinajstić information content (AvgIpc) is 2.57. The first-order valence-electron chi connectivity index (χ1n) is 7.40. The number of rotatable bonds is 6. The van der Waals surface area contributed by atoms with E-state index in [0.29, 0.717) is 28.0 Å². The molecular weight excluding hydrogens is 330 g/mol. The van der Waals surface area contributed by atoms with Crippen molar-refractivity contribution in [2.45, 2.75) is 20.0 Å². The molecule has 0 aliphatic rings. The van der Waals surface area contributed by atoms with Crippen LogP contribution < -0.4 is 19.5 Å². The molecule has 2 rings (SSSR count). The lowest BCUT2D eigenvalue weighted by atomic mass is 10.2. The molecule has 0 unspecified atom stereocenters. The summed E-state index contributed by atoms with van der Waals surface area (Å²) in [6.07, 6.45) is -0.736. The first-order chi connectivity index (χ1) is 11.4. The van der Waals surface area contributed by atoms with Gasteiger partial charge in [-0.25, -0.2) is 0 Å². The Balaban J connectivity index is 2.13. The first kappa shape index (κ1) is 17.9. The molecule has 1 amide bonds. The highest BCUT2D eigenvalue weighted by Gasteiger charge is 2.18. The molecule has 0 fully saturated rings. The minimum atomic E-state index is -0.736. The van der Waals surface area contributed by atoms with E-state index in [1.165, 1.54) is 7.11 Å². The lowest BCUT2D eigenvalue weighted by Gasteiger charge is -2.17. The number of carbonyl (C=O) groups excluding carboxylic acids is 1. The highest BCUT2D eigenvalue weighted by Crippen LogP contribution is 2.30. The van der Waals surface area contributed by atoms with Gasteiger partial charge in [0.2, 0.25) is 0 Å². The Morgan fingerprint density at radius 1 is 1.08 bits per heavy atom. The molecule has 1 N–H and O–H groups in total. The third kappa shape index (κ3) is 4.32. The monoisotopic (exact) mass is 349 g/mol. The van der Waals surface area contributed by atoms with Crippen LogP contribution >= 0.6 is 11.6 Å². The number of aryl methyl sites for hydroxylation is 1. The zero-order chi connectivity index (χ0) is 17.7. The number of amides is 1. The summed E-state index contributed by atoms with van der Waals surface area (Å²) < 4.78 is 16.1. The number of ether oxygens (including phenoxy) is 3. The Labute approximate surface area is 146 Å². The van der Waals surface area contributed by atoms with Gasteiger partial charge >= 0.3 is 0 Å². The predicted octanol–water partition coefficient (Wildman–Crippen LogP) is 4.07. The smallest absolute Gasteiger partial charge is 0.265 e. The van der Waals surface area contributed by atoms with Gasteiger partial charge in [0.05, 0.1) is 24.9 Å². The lowest BCUT2D eigenvalue weighted by molar-refractivity contribution is -0.122. The lowest BCUT2D eigenvalue weighted by Crippen LogP contribution is -2.30. The Morgan fingerprint density at radius 3 is 2.50 bits per heavy atom. The Hall–Kier alpha value is -2.40. The topological polar surface area (TPSA) is 56.8 Å². The maximum absolute atomic E-state index is 12.4. The molecular formula is C18H20ClNO4. The normalized spacial score (nSPS) is 11.5. The second-order valence-corrected chi connectivity index (χ2v) is 5.66. The number of nitrogens with one attached hydrogen (secondary N) is 1. The number of carbonyl (C=O) groups is 1. The standard InChI is InChI=1S/C18H20ClNO4/c1-11-5-7-14(19)17(9-11)24-12(2)18(21)20-15-10-13(22-3)6-8-16(15)23-4/h5-10,12H,1-4H3,(H,20,21)/t12-/m1/s1. The number of hydrogen-bond donors (Lipinski definition) is 1. The van der Waals surface area contributed by atoms with E-state index in [1.54, 1.807) is 44.4 Å². The second-order valence-electron chi connectivity index (χ2n) is 5.25. The van der Waals surface area contributed by atoms with E-state index in [4.69, 9.17) is 25.8 Å². The highest BCUT2D eigenvalue weighted by molar-refractivity contribution is 6.32. The van der Waals surface area contributed by atoms with E-state index in [9.17, 15) is 4.79 Å². The van der Waals surface area contributed by atoms with Crippen molar-refractivity contribution in [3.8, 4) is 17.2 Å². The van der Waals surface area contributed by atoms with Gasteiger partial charge in [0.1, 0.15) is 17.2 Å². The van der Waals surface area contributed by atoms with Gasteiger partial charge in [-0.1, -0.05) is 17.7 Å². The summed E-state index contributed by atoms with van der Waals surface area (Å²) >= 11 is 6.10. The second kappa shape index (κ2) is 7.93. The van der Waals surface area contributed by atoms with Crippen molar-refractivity contribution >= 4 is 23.2 Å². The van der Waals surface area contributed by atoms with E-state index in [1.807, 2.05) is 13.0 Å². The summed E-state index contributed by atoms with van der Waals surface area (Å²) in [6.45, 7) is 3.58. The largest absolute Gasteiger partial charge is 0.497 e. The third-order valence-electron chi connectivity index (χ3n) is 3.42. The van der Waals surface area contributed by atoms with Crippen molar-refractivity contribution < 1.29 is 19.0 Å². The van der Waals surface area contributed by atoms with Gasteiger partial charge in [-0.2, -0.15) is 0 Å².